The summed E-state index contributed by atoms with van der Waals surface area (Å²) >= 11 is 0. The third-order valence-electron chi connectivity index (χ3n) is 5.31. The minimum atomic E-state index is 0.0166. The number of aromatic nitrogens is 1. The van der Waals surface area contributed by atoms with Crippen LogP contribution >= 0.6 is 0 Å². The third-order valence-corrected chi connectivity index (χ3v) is 5.31. The number of hydrogen-bond donors (Lipinski definition) is 0. The fourth-order valence-electron chi connectivity index (χ4n) is 3.78. The number of rotatable bonds is 5. The number of carbonyl (C=O) groups excluding carboxylic acids is 1. The fraction of sp³-hybridized carbons (Fsp3) is 0.333. The van der Waals surface area contributed by atoms with Crippen molar-refractivity contribution < 1.29 is 4.79 Å². The van der Waals surface area contributed by atoms with Gasteiger partial charge in [-0.05, 0) is 57.4 Å². The van der Waals surface area contributed by atoms with Crippen molar-refractivity contribution >= 4 is 16.8 Å². The third kappa shape index (κ3) is 3.72. The van der Waals surface area contributed by atoms with Crippen molar-refractivity contribution in [3.8, 4) is 11.1 Å². The van der Waals surface area contributed by atoms with E-state index in [1.807, 2.05) is 86.7 Å². The zero-order valence-electron chi connectivity index (χ0n) is 17.4. The van der Waals surface area contributed by atoms with Crippen molar-refractivity contribution in [2.75, 3.05) is 13.1 Å². The molecule has 0 bridgehead atoms. The van der Waals surface area contributed by atoms with E-state index in [0.717, 1.165) is 27.8 Å². The van der Waals surface area contributed by atoms with Crippen LogP contribution in [0.3, 0.4) is 0 Å². The van der Waals surface area contributed by atoms with Crippen LogP contribution in [0.4, 0.5) is 0 Å². The molecule has 0 aliphatic carbocycles. The van der Waals surface area contributed by atoms with Crippen molar-refractivity contribution in [2.24, 2.45) is 0 Å². The molecule has 1 amide bonds. The van der Waals surface area contributed by atoms with Crippen LogP contribution in [0, 0.1) is 20.8 Å². The average Bonchev–Trinajstić information content (AvgIpc) is 2.65. The average molecular weight is 377 g/mol. The lowest BCUT2D eigenvalue weighted by Crippen LogP contribution is -2.33. The molecule has 4 heteroatoms. The minimum Gasteiger partial charge on any atom is -0.342 e. The number of amides is 1. The van der Waals surface area contributed by atoms with Gasteiger partial charge in [0.05, 0.1) is 5.52 Å². The van der Waals surface area contributed by atoms with E-state index in [-0.39, 0.29) is 17.9 Å². The highest BCUT2D eigenvalue weighted by Gasteiger charge is 2.17. The zero-order chi connectivity index (χ0) is 20.4. The topological polar surface area (TPSA) is 42.3 Å². The summed E-state index contributed by atoms with van der Waals surface area (Å²) in [5.41, 5.74) is 5.51. The van der Waals surface area contributed by atoms with Crippen molar-refractivity contribution in [1.29, 1.82) is 0 Å². The molecule has 0 aliphatic rings. The standard InChI is InChI=1S/C24H28N2O2/c1-6-25(7-2)22(27)15-26-14-20(19-10-8-16(3)9-11-19)24(28)23-18(5)12-17(4)13-21(23)26/h8-14H,6-7,15H2,1-5H3. The molecular weight excluding hydrogens is 348 g/mol. The molecule has 28 heavy (non-hydrogen) atoms. The smallest absolute Gasteiger partial charge is 0.242 e. The highest BCUT2D eigenvalue weighted by Crippen LogP contribution is 2.24. The molecule has 0 fully saturated rings. The molecule has 146 valence electrons. The van der Waals surface area contributed by atoms with E-state index in [2.05, 4.69) is 0 Å². The molecule has 1 aromatic heterocycles. The predicted molar refractivity (Wildman–Crippen MR) is 116 cm³/mol. The number of fused-ring (bicyclic) bond motifs is 1. The Morgan fingerprint density at radius 3 is 2.21 bits per heavy atom. The van der Waals surface area contributed by atoms with Crippen LogP contribution in [0.15, 0.2) is 47.4 Å². The zero-order valence-corrected chi connectivity index (χ0v) is 17.4. The summed E-state index contributed by atoms with van der Waals surface area (Å²) in [7, 11) is 0. The molecule has 0 saturated heterocycles. The van der Waals surface area contributed by atoms with E-state index in [0.29, 0.717) is 24.0 Å². The van der Waals surface area contributed by atoms with Gasteiger partial charge in [0.2, 0.25) is 5.91 Å². The SMILES string of the molecule is CCN(CC)C(=O)Cn1cc(-c2ccc(C)cc2)c(=O)c2c(C)cc(C)cc21. The van der Waals surface area contributed by atoms with Crippen molar-refractivity contribution in [1.82, 2.24) is 9.47 Å². The van der Waals surface area contributed by atoms with E-state index >= 15 is 0 Å². The maximum Gasteiger partial charge on any atom is 0.242 e. The maximum absolute atomic E-state index is 13.3. The molecule has 0 N–H and O–H groups in total. The number of pyridine rings is 1. The van der Waals surface area contributed by atoms with E-state index in [4.69, 9.17) is 0 Å². The van der Waals surface area contributed by atoms with Crippen LogP contribution in [0.1, 0.15) is 30.5 Å². The van der Waals surface area contributed by atoms with Gasteiger partial charge in [-0.3, -0.25) is 9.59 Å². The van der Waals surface area contributed by atoms with E-state index in [1.54, 1.807) is 0 Å². The van der Waals surface area contributed by atoms with Gasteiger partial charge >= 0.3 is 0 Å². The van der Waals surface area contributed by atoms with Gasteiger partial charge < -0.3 is 9.47 Å². The molecule has 2 aromatic carbocycles. The van der Waals surface area contributed by atoms with Crippen LogP contribution in [-0.4, -0.2) is 28.5 Å². The molecule has 0 atom stereocenters. The Labute approximate surface area is 166 Å². The summed E-state index contributed by atoms with van der Waals surface area (Å²) in [6.45, 7) is 11.5. The molecule has 0 radical (unpaired) electrons. The molecule has 3 rings (SSSR count). The molecule has 3 aromatic rings. The van der Waals surface area contributed by atoms with Gasteiger partial charge in [-0.1, -0.05) is 35.9 Å². The number of carbonyl (C=O) groups is 1. The highest BCUT2D eigenvalue weighted by molar-refractivity contribution is 5.89. The van der Waals surface area contributed by atoms with E-state index in [9.17, 15) is 9.59 Å². The number of nitrogens with zero attached hydrogens (tertiary/aromatic N) is 2. The number of likely N-dealkylation sites (N-methyl/N-ethyl adjacent to an activating group) is 1. The Balaban J connectivity index is 2.26. The molecule has 0 saturated carbocycles. The maximum atomic E-state index is 13.3. The van der Waals surface area contributed by atoms with Crippen LogP contribution in [-0.2, 0) is 11.3 Å². The Bertz CT molecular complexity index is 1070. The summed E-state index contributed by atoms with van der Waals surface area (Å²) in [5.74, 6) is 0.0592. The van der Waals surface area contributed by atoms with E-state index < -0.39 is 0 Å². The lowest BCUT2D eigenvalue weighted by Gasteiger charge is -2.21. The molecule has 0 unspecified atom stereocenters. The van der Waals surface area contributed by atoms with Gasteiger partial charge in [0.25, 0.3) is 0 Å². The first-order valence-corrected chi connectivity index (χ1v) is 9.84. The van der Waals surface area contributed by atoms with E-state index in [1.165, 1.54) is 0 Å². The summed E-state index contributed by atoms with van der Waals surface area (Å²) < 4.78 is 1.94. The first-order valence-electron chi connectivity index (χ1n) is 9.84. The van der Waals surface area contributed by atoms with Crippen LogP contribution < -0.4 is 5.43 Å². The fourth-order valence-corrected chi connectivity index (χ4v) is 3.78. The molecular formula is C24H28N2O2. The summed E-state index contributed by atoms with van der Waals surface area (Å²) in [5, 5.41) is 0.691. The minimum absolute atomic E-state index is 0.0166. The first-order chi connectivity index (χ1) is 13.3. The molecule has 0 spiro atoms. The number of benzene rings is 2. The Morgan fingerprint density at radius 1 is 0.964 bits per heavy atom. The normalized spacial score (nSPS) is 11.0. The summed E-state index contributed by atoms with van der Waals surface area (Å²) in [6, 6.07) is 12.0. The molecule has 4 nitrogen and oxygen atoms in total. The van der Waals surface area contributed by atoms with Gasteiger partial charge in [0, 0.05) is 30.2 Å². The highest BCUT2D eigenvalue weighted by atomic mass is 16.2. The van der Waals surface area contributed by atoms with Gasteiger partial charge in [-0.15, -0.1) is 0 Å². The summed E-state index contributed by atoms with van der Waals surface area (Å²) in [4.78, 5) is 27.9. The van der Waals surface area contributed by atoms with Crippen LogP contribution in [0.25, 0.3) is 22.0 Å². The van der Waals surface area contributed by atoms with Gasteiger partial charge in [-0.25, -0.2) is 0 Å². The molecule has 0 aliphatic heterocycles. The second-order valence-electron chi connectivity index (χ2n) is 7.41. The number of hydrogen-bond acceptors (Lipinski definition) is 2. The van der Waals surface area contributed by atoms with Gasteiger partial charge in [0.1, 0.15) is 6.54 Å². The lowest BCUT2D eigenvalue weighted by molar-refractivity contribution is -0.131. The van der Waals surface area contributed by atoms with Crippen LogP contribution in [0.2, 0.25) is 0 Å². The second-order valence-corrected chi connectivity index (χ2v) is 7.41. The summed E-state index contributed by atoms with van der Waals surface area (Å²) in [6.07, 6.45) is 1.84. The monoisotopic (exact) mass is 376 g/mol. The Hall–Kier alpha value is -2.88. The van der Waals surface area contributed by atoms with Gasteiger partial charge in [0.15, 0.2) is 5.43 Å². The Morgan fingerprint density at radius 2 is 1.61 bits per heavy atom. The predicted octanol–water partition coefficient (Wildman–Crippen LogP) is 4.46. The van der Waals surface area contributed by atoms with Gasteiger partial charge in [-0.2, -0.15) is 0 Å². The number of aryl methyl sites for hydroxylation is 3. The second kappa shape index (κ2) is 8.01. The van der Waals surface area contributed by atoms with Crippen molar-refractivity contribution in [3.63, 3.8) is 0 Å². The molecule has 1 heterocycles. The van der Waals surface area contributed by atoms with Crippen molar-refractivity contribution in [2.45, 2.75) is 41.2 Å². The quantitative estimate of drug-likeness (QED) is 0.660. The van der Waals surface area contributed by atoms with Crippen molar-refractivity contribution in [3.05, 3.63) is 69.5 Å². The first kappa shape index (κ1) is 19.9. The lowest BCUT2D eigenvalue weighted by atomic mass is 9.99. The largest absolute Gasteiger partial charge is 0.342 e. The van der Waals surface area contributed by atoms with Crippen LogP contribution in [0.5, 0.6) is 0 Å². The Kier molecular flexibility index (Phi) is 5.68.